The molecule has 0 saturated heterocycles. The van der Waals surface area contributed by atoms with Crippen LogP contribution >= 0.6 is 0 Å². The fourth-order valence-electron chi connectivity index (χ4n) is 0.144. The minimum Gasteiger partial charge on any atom is -0.748 e. The van der Waals surface area contributed by atoms with Gasteiger partial charge in [0.25, 0.3) is 0 Å². The molecule has 0 aliphatic heterocycles. The minimum absolute atomic E-state index is 0. The third kappa shape index (κ3) is 33.6. The van der Waals surface area contributed by atoms with Gasteiger partial charge in [0.05, 0.1) is 15.9 Å². The molecule has 0 aromatic heterocycles. The number of hydrogen-bond donors (Lipinski definition) is 1. The quantitative estimate of drug-likeness (QED) is 0.227. The molecule has 7 heteroatoms. The van der Waals surface area contributed by atoms with Crippen LogP contribution in [0.1, 0.15) is 0 Å². The molecular weight excluding hydrogens is 205 g/mol. The normalized spacial score (nSPS) is 8.38. The standard InChI is InChI=1S/C3H5NO.C3H6O3S.Na/c1-2-3(4)5;1-2-3-7(4,5)6;/h2H,1H2,(H2,4,5);2H,1,3H2,(H,4,5,6);/q;;+1/p-1. The van der Waals surface area contributed by atoms with Crippen LogP contribution < -0.4 is 35.3 Å². The average molecular weight is 215 g/mol. The van der Waals surface area contributed by atoms with Crippen LogP contribution in [-0.4, -0.2) is 24.6 Å². The zero-order valence-corrected chi connectivity index (χ0v) is 10.2. The van der Waals surface area contributed by atoms with Gasteiger partial charge in [-0.1, -0.05) is 12.7 Å². The molecule has 0 aliphatic carbocycles. The van der Waals surface area contributed by atoms with Gasteiger partial charge in [0.15, 0.2) is 0 Å². The van der Waals surface area contributed by atoms with E-state index in [1.807, 2.05) is 0 Å². The molecule has 0 saturated carbocycles. The maximum Gasteiger partial charge on any atom is 1.00 e. The second-order valence-electron chi connectivity index (χ2n) is 1.62. The van der Waals surface area contributed by atoms with E-state index in [0.29, 0.717) is 0 Å². The molecule has 0 spiro atoms. The predicted molar refractivity (Wildman–Crippen MR) is 44.2 cm³/mol. The van der Waals surface area contributed by atoms with Gasteiger partial charge in [0.2, 0.25) is 5.91 Å². The second kappa shape index (κ2) is 9.94. The monoisotopic (exact) mass is 215 g/mol. The van der Waals surface area contributed by atoms with Gasteiger partial charge in [0.1, 0.15) is 0 Å². The summed E-state index contributed by atoms with van der Waals surface area (Å²) in [6, 6.07) is 0. The topological polar surface area (TPSA) is 100 Å². The summed E-state index contributed by atoms with van der Waals surface area (Å²) in [5.41, 5.74) is 4.53. The van der Waals surface area contributed by atoms with Crippen LogP contribution in [0.3, 0.4) is 0 Å². The maximum absolute atomic E-state index is 9.60. The molecule has 0 fully saturated rings. The summed E-state index contributed by atoms with van der Waals surface area (Å²) in [6.07, 6.45) is 2.11. The predicted octanol–water partition coefficient (Wildman–Crippen LogP) is -3.62. The Morgan fingerprint density at radius 1 is 1.46 bits per heavy atom. The van der Waals surface area contributed by atoms with E-state index in [2.05, 4.69) is 18.9 Å². The molecule has 5 nitrogen and oxygen atoms in total. The first kappa shape index (κ1) is 18.6. The third-order valence-electron chi connectivity index (χ3n) is 0.523. The zero-order chi connectivity index (χ0) is 10.2. The summed E-state index contributed by atoms with van der Waals surface area (Å²) >= 11 is 0. The smallest absolute Gasteiger partial charge is 0.748 e. The van der Waals surface area contributed by atoms with Gasteiger partial charge in [-0.15, -0.1) is 6.58 Å². The van der Waals surface area contributed by atoms with Crippen molar-refractivity contribution < 1.29 is 47.3 Å². The van der Waals surface area contributed by atoms with Crippen molar-refractivity contribution in [2.24, 2.45) is 5.73 Å². The van der Waals surface area contributed by atoms with Crippen LogP contribution in [0.5, 0.6) is 0 Å². The Labute approximate surface area is 99.7 Å². The van der Waals surface area contributed by atoms with Crippen LogP contribution in [0.15, 0.2) is 25.3 Å². The molecule has 0 bridgehead atoms. The van der Waals surface area contributed by atoms with Crippen molar-refractivity contribution in [2.45, 2.75) is 0 Å². The van der Waals surface area contributed by atoms with Gasteiger partial charge in [-0.2, -0.15) is 0 Å². The SMILES string of the molecule is C=CC(N)=O.C=CCS(=O)(=O)[O-].[Na+]. The van der Waals surface area contributed by atoms with Crippen LogP contribution in [0.25, 0.3) is 0 Å². The van der Waals surface area contributed by atoms with E-state index >= 15 is 0 Å². The van der Waals surface area contributed by atoms with E-state index in [1.165, 1.54) is 0 Å². The van der Waals surface area contributed by atoms with Gasteiger partial charge in [-0.25, -0.2) is 8.42 Å². The van der Waals surface area contributed by atoms with Crippen LogP contribution in [0.2, 0.25) is 0 Å². The largest absolute Gasteiger partial charge is 1.00 e. The third-order valence-corrected chi connectivity index (χ3v) is 1.17. The Balaban J connectivity index is -0.000000150. The summed E-state index contributed by atoms with van der Waals surface area (Å²) in [5.74, 6) is -0.961. The summed E-state index contributed by atoms with van der Waals surface area (Å²) in [7, 11) is -4.04. The molecule has 0 atom stereocenters. The first-order valence-corrected chi connectivity index (χ1v) is 4.37. The van der Waals surface area contributed by atoms with Gasteiger partial charge in [-0.3, -0.25) is 4.79 Å². The molecule has 0 aromatic rings. The number of amides is 1. The van der Waals surface area contributed by atoms with Gasteiger partial charge < -0.3 is 10.3 Å². The van der Waals surface area contributed by atoms with Crippen molar-refractivity contribution in [3.05, 3.63) is 25.3 Å². The summed E-state index contributed by atoms with van der Waals surface area (Å²) < 4.78 is 28.8. The number of rotatable bonds is 3. The Morgan fingerprint density at radius 2 is 1.77 bits per heavy atom. The Bertz CT molecular complexity index is 260. The van der Waals surface area contributed by atoms with E-state index in [0.717, 1.165) is 12.2 Å². The molecule has 1 amide bonds. The molecular formula is C6H10NNaO4S. The maximum atomic E-state index is 9.60. The molecule has 0 heterocycles. The summed E-state index contributed by atoms with van der Waals surface area (Å²) in [4.78, 5) is 9.47. The first-order valence-electron chi connectivity index (χ1n) is 2.79. The van der Waals surface area contributed by atoms with E-state index in [4.69, 9.17) is 0 Å². The van der Waals surface area contributed by atoms with Gasteiger partial charge in [0, 0.05) is 0 Å². The van der Waals surface area contributed by atoms with Gasteiger partial charge >= 0.3 is 29.6 Å². The molecule has 0 aliphatic rings. The zero-order valence-electron chi connectivity index (χ0n) is 7.39. The van der Waals surface area contributed by atoms with Crippen molar-refractivity contribution in [2.75, 3.05) is 5.75 Å². The van der Waals surface area contributed by atoms with E-state index in [-0.39, 0.29) is 29.6 Å². The molecule has 13 heavy (non-hydrogen) atoms. The number of nitrogens with two attached hydrogens (primary N) is 1. The van der Waals surface area contributed by atoms with Crippen molar-refractivity contribution in [1.29, 1.82) is 0 Å². The van der Waals surface area contributed by atoms with Crippen molar-refractivity contribution in [1.82, 2.24) is 0 Å². The fraction of sp³-hybridized carbons (Fsp3) is 0.167. The fourth-order valence-corrected chi connectivity index (χ4v) is 0.433. The molecule has 0 aromatic carbocycles. The van der Waals surface area contributed by atoms with Crippen LogP contribution in [-0.2, 0) is 14.9 Å². The van der Waals surface area contributed by atoms with E-state index in [9.17, 15) is 17.8 Å². The summed E-state index contributed by atoms with van der Waals surface area (Å²) in [5, 5.41) is 0. The van der Waals surface area contributed by atoms with Crippen LogP contribution in [0.4, 0.5) is 0 Å². The Morgan fingerprint density at radius 3 is 1.77 bits per heavy atom. The number of primary amides is 1. The number of carbonyl (C=O) groups is 1. The summed E-state index contributed by atoms with van der Waals surface area (Å²) in [6.45, 7) is 6.15. The van der Waals surface area contributed by atoms with Crippen molar-refractivity contribution in [3.8, 4) is 0 Å². The van der Waals surface area contributed by atoms with Crippen molar-refractivity contribution in [3.63, 3.8) is 0 Å². The second-order valence-corrected chi connectivity index (χ2v) is 3.07. The molecule has 2 N–H and O–H groups in total. The minimum atomic E-state index is -4.04. The van der Waals surface area contributed by atoms with Crippen molar-refractivity contribution >= 4 is 16.0 Å². The molecule has 0 rings (SSSR count). The molecule has 70 valence electrons. The van der Waals surface area contributed by atoms with Crippen LogP contribution in [0, 0.1) is 0 Å². The Hall–Kier alpha value is -0.140. The molecule has 0 radical (unpaired) electrons. The van der Waals surface area contributed by atoms with E-state index in [1.54, 1.807) is 0 Å². The Kier molecular flexibility index (Phi) is 14.2. The number of hydrogen-bond acceptors (Lipinski definition) is 4. The molecule has 0 unspecified atom stereocenters. The first-order chi connectivity index (χ1) is 5.33. The average Bonchev–Trinajstić information content (AvgIpc) is 1.86. The van der Waals surface area contributed by atoms with Gasteiger partial charge in [-0.05, 0) is 6.08 Å². The number of carbonyl (C=O) groups excluding carboxylic acids is 1. The van der Waals surface area contributed by atoms with E-state index < -0.39 is 21.8 Å².